The van der Waals surface area contributed by atoms with Crippen LogP contribution in [0.2, 0.25) is 0 Å². The molecule has 5 rings (SSSR count). The maximum absolute atomic E-state index is 12.0. The molecule has 1 aliphatic carbocycles. The lowest BCUT2D eigenvalue weighted by Crippen LogP contribution is -2.39. The number of carbonyl (C=O) groups excluding carboxylic acids is 2. The average molecular weight is 425 g/mol. The Labute approximate surface area is 179 Å². The van der Waals surface area contributed by atoms with Gasteiger partial charge in [-0.1, -0.05) is 0 Å². The number of benzene rings is 2. The van der Waals surface area contributed by atoms with Crippen LogP contribution in [0.25, 0.3) is 11.1 Å². The van der Waals surface area contributed by atoms with E-state index in [4.69, 9.17) is 23.7 Å². The molecule has 8 heteroatoms. The van der Waals surface area contributed by atoms with Gasteiger partial charge in [-0.2, -0.15) is 0 Å². The maximum atomic E-state index is 12.0. The number of hydrogen-bond donors (Lipinski definition) is 0. The molecule has 8 nitrogen and oxygen atoms in total. The molecule has 0 aromatic heterocycles. The van der Waals surface area contributed by atoms with Crippen LogP contribution in [0, 0.1) is 0 Å². The predicted octanol–water partition coefficient (Wildman–Crippen LogP) is 3.16. The normalized spacial score (nSPS) is 20.5. The molecular weight excluding hydrogens is 402 g/mol. The van der Waals surface area contributed by atoms with Crippen LogP contribution in [-0.2, 0) is 20.7 Å². The summed E-state index contributed by atoms with van der Waals surface area (Å²) in [6.45, 7) is 3.48. The van der Waals surface area contributed by atoms with Crippen LogP contribution >= 0.6 is 0 Å². The minimum Gasteiger partial charge on any atom is -0.493 e. The standard InChI is InChI=1S/C23H23NO7/c1-11(25)30-20-9-24(3)16-5-13-6-17-18(29-10-28-17)7-14(13)22-21(16)15(20)8-19(27-4)23(22)31-12(2)26/h6-8,16,20H,5,9-10H2,1-4H3/t16-,20+/m0/s1. The first-order valence-electron chi connectivity index (χ1n) is 10.1. The number of fused-ring (bicyclic) bond motifs is 3. The summed E-state index contributed by atoms with van der Waals surface area (Å²) in [4.78, 5) is 26.0. The number of rotatable bonds is 3. The summed E-state index contributed by atoms with van der Waals surface area (Å²) in [7, 11) is 3.53. The van der Waals surface area contributed by atoms with Crippen molar-refractivity contribution in [3.8, 4) is 34.1 Å². The summed E-state index contributed by atoms with van der Waals surface area (Å²) in [6.07, 6.45) is 0.282. The van der Waals surface area contributed by atoms with Gasteiger partial charge in [0.15, 0.2) is 23.0 Å². The third-order valence-electron chi connectivity index (χ3n) is 6.04. The Morgan fingerprint density at radius 3 is 2.52 bits per heavy atom. The highest BCUT2D eigenvalue weighted by Crippen LogP contribution is 2.56. The van der Waals surface area contributed by atoms with E-state index in [1.54, 1.807) is 0 Å². The van der Waals surface area contributed by atoms with Crippen molar-refractivity contribution in [2.45, 2.75) is 32.4 Å². The number of nitrogens with zero attached hydrogens (tertiary/aromatic N) is 1. The fourth-order valence-electron chi connectivity index (χ4n) is 4.82. The van der Waals surface area contributed by atoms with E-state index in [9.17, 15) is 9.59 Å². The monoisotopic (exact) mass is 425 g/mol. The van der Waals surface area contributed by atoms with Crippen LogP contribution in [0.4, 0.5) is 0 Å². The number of esters is 2. The van der Waals surface area contributed by atoms with Gasteiger partial charge in [0.1, 0.15) is 6.10 Å². The van der Waals surface area contributed by atoms with Crippen molar-refractivity contribution >= 4 is 11.9 Å². The largest absolute Gasteiger partial charge is 0.493 e. The molecule has 0 bridgehead atoms. The van der Waals surface area contributed by atoms with E-state index < -0.39 is 12.1 Å². The van der Waals surface area contributed by atoms with E-state index in [-0.39, 0.29) is 18.8 Å². The molecule has 0 N–H and O–H groups in total. The molecule has 0 saturated heterocycles. The van der Waals surface area contributed by atoms with Crippen molar-refractivity contribution in [3.63, 3.8) is 0 Å². The van der Waals surface area contributed by atoms with E-state index in [0.29, 0.717) is 29.5 Å². The molecule has 2 heterocycles. The van der Waals surface area contributed by atoms with Crippen molar-refractivity contribution in [2.75, 3.05) is 27.5 Å². The van der Waals surface area contributed by atoms with Gasteiger partial charge in [-0.15, -0.1) is 0 Å². The first-order valence-corrected chi connectivity index (χ1v) is 10.1. The second-order valence-electron chi connectivity index (χ2n) is 8.00. The zero-order valence-corrected chi connectivity index (χ0v) is 17.8. The van der Waals surface area contributed by atoms with Crippen molar-refractivity contribution in [2.24, 2.45) is 0 Å². The number of ether oxygens (including phenoxy) is 5. The van der Waals surface area contributed by atoms with Crippen molar-refractivity contribution in [1.29, 1.82) is 0 Å². The third-order valence-corrected chi connectivity index (χ3v) is 6.04. The topological polar surface area (TPSA) is 83.5 Å². The molecule has 3 aliphatic rings. The number of methoxy groups -OCH3 is 1. The average Bonchev–Trinajstić information content (AvgIpc) is 3.16. The summed E-state index contributed by atoms with van der Waals surface area (Å²) in [5, 5.41) is 0. The Morgan fingerprint density at radius 2 is 1.84 bits per heavy atom. The fourth-order valence-corrected chi connectivity index (χ4v) is 4.82. The molecule has 0 amide bonds. The lowest BCUT2D eigenvalue weighted by atomic mass is 9.75. The predicted molar refractivity (Wildman–Crippen MR) is 109 cm³/mol. The first kappa shape index (κ1) is 19.7. The van der Waals surface area contributed by atoms with Gasteiger partial charge in [0.25, 0.3) is 0 Å². The Balaban J connectivity index is 1.83. The number of likely N-dealkylation sites (N-methyl/N-ethyl adjacent to an activating group) is 1. The summed E-state index contributed by atoms with van der Waals surface area (Å²) in [5.41, 5.74) is 4.56. The zero-order chi connectivity index (χ0) is 21.9. The lowest BCUT2D eigenvalue weighted by Gasteiger charge is -2.43. The Hall–Kier alpha value is -3.26. The van der Waals surface area contributed by atoms with Crippen LogP contribution < -0.4 is 18.9 Å². The number of carbonyl (C=O) groups is 2. The second-order valence-corrected chi connectivity index (χ2v) is 8.00. The van der Waals surface area contributed by atoms with Crippen LogP contribution in [-0.4, -0.2) is 44.3 Å². The van der Waals surface area contributed by atoms with E-state index in [1.165, 1.54) is 21.0 Å². The molecule has 2 atom stereocenters. The highest BCUT2D eigenvalue weighted by atomic mass is 16.7. The quantitative estimate of drug-likeness (QED) is 0.548. The van der Waals surface area contributed by atoms with Crippen molar-refractivity contribution < 1.29 is 33.3 Å². The van der Waals surface area contributed by atoms with Gasteiger partial charge < -0.3 is 23.7 Å². The third kappa shape index (κ3) is 3.09. The minimum atomic E-state index is -0.455. The summed E-state index contributed by atoms with van der Waals surface area (Å²) < 4.78 is 28.1. The molecule has 31 heavy (non-hydrogen) atoms. The molecule has 0 fully saturated rings. The summed E-state index contributed by atoms with van der Waals surface area (Å²) >= 11 is 0. The molecule has 162 valence electrons. The first-order chi connectivity index (χ1) is 14.9. The van der Waals surface area contributed by atoms with Gasteiger partial charge in [0.05, 0.1) is 7.11 Å². The molecule has 0 radical (unpaired) electrons. The smallest absolute Gasteiger partial charge is 0.308 e. The van der Waals surface area contributed by atoms with Gasteiger partial charge in [-0.3, -0.25) is 14.5 Å². The van der Waals surface area contributed by atoms with Crippen molar-refractivity contribution in [3.05, 3.63) is 34.9 Å². The SMILES string of the molecule is COc1cc2c3c(c1OC(C)=O)-c1cc4c(cc1C[C@@H]3N(C)C[C@H]2OC(C)=O)OCO4. The van der Waals surface area contributed by atoms with Crippen LogP contribution in [0.3, 0.4) is 0 Å². The molecule has 0 saturated carbocycles. The van der Waals surface area contributed by atoms with Gasteiger partial charge in [-0.05, 0) is 48.4 Å². The lowest BCUT2D eigenvalue weighted by molar-refractivity contribution is -0.148. The van der Waals surface area contributed by atoms with Gasteiger partial charge in [-0.25, -0.2) is 0 Å². The van der Waals surface area contributed by atoms with E-state index in [2.05, 4.69) is 4.90 Å². The molecule has 2 aromatic carbocycles. The van der Waals surface area contributed by atoms with Gasteiger partial charge in [0, 0.05) is 37.6 Å². The van der Waals surface area contributed by atoms with E-state index >= 15 is 0 Å². The molecule has 0 spiro atoms. The zero-order valence-electron chi connectivity index (χ0n) is 17.8. The Bertz CT molecular complexity index is 1110. The fraction of sp³-hybridized carbons (Fsp3) is 0.391. The van der Waals surface area contributed by atoms with Crippen LogP contribution in [0.5, 0.6) is 23.0 Å². The van der Waals surface area contributed by atoms with E-state index in [0.717, 1.165) is 34.2 Å². The van der Waals surface area contributed by atoms with Crippen LogP contribution in [0.1, 0.15) is 42.7 Å². The van der Waals surface area contributed by atoms with Crippen LogP contribution in [0.15, 0.2) is 18.2 Å². The van der Waals surface area contributed by atoms with Crippen molar-refractivity contribution in [1.82, 2.24) is 4.90 Å². The Kier molecular flexibility index (Phi) is 4.55. The highest BCUT2D eigenvalue weighted by Gasteiger charge is 2.41. The van der Waals surface area contributed by atoms with Gasteiger partial charge in [0.2, 0.25) is 6.79 Å². The summed E-state index contributed by atoms with van der Waals surface area (Å²) in [6, 6.07) is 5.75. The second kappa shape index (κ2) is 7.16. The molecule has 2 aliphatic heterocycles. The highest BCUT2D eigenvalue weighted by molar-refractivity contribution is 5.87. The molecule has 2 aromatic rings. The van der Waals surface area contributed by atoms with E-state index in [1.807, 2.05) is 25.2 Å². The summed E-state index contributed by atoms with van der Waals surface area (Å²) in [5.74, 6) is 1.32. The Morgan fingerprint density at radius 1 is 1.10 bits per heavy atom. The maximum Gasteiger partial charge on any atom is 0.308 e. The molecular formula is C23H23NO7. The van der Waals surface area contributed by atoms with Gasteiger partial charge >= 0.3 is 11.9 Å². The molecule has 0 unspecified atom stereocenters. The number of hydrogen-bond acceptors (Lipinski definition) is 8. The minimum absolute atomic E-state index is 0.0184.